The molecule has 0 radical (unpaired) electrons. The zero-order valence-electron chi connectivity index (χ0n) is 11.0. The number of hydrogen-bond donors (Lipinski definition) is 2. The first-order valence-corrected chi connectivity index (χ1v) is 5.92. The average molecular weight is 277 g/mol. The van der Waals surface area contributed by atoms with Gasteiger partial charge in [-0.3, -0.25) is 4.79 Å². The molecule has 0 heterocycles. The first-order valence-electron chi connectivity index (χ1n) is 5.92. The summed E-state index contributed by atoms with van der Waals surface area (Å²) in [5.74, 6) is -1.01. The third-order valence-electron chi connectivity index (χ3n) is 2.26. The highest BCUT2D eigenvalue weighted by Gasteiger charge is 2.18. The lowest BCUT2D eigenvalue weighted by molar-refractivity contribution is -0.123. The van der Waals surface area contributed by atoms with Crippen molar-refractivity contribution in [1.29, 1.82) is 5.26 Å². The van der Waals surface area contributed by atoms with Gasteiger partial charge in [0.15, 0.2) is 6.61 Å². The molecule has 0 aliphatic rings. The Hall–Kier alpha value is -2.75. The molecule has 3 N–H and O–H groups in total. The van der Waals surface area contributed by atoms with Gasteiger partial charge in [0.2, 0.25) is 0 Å². The molecule has 0 unspecified atom stereocenters. The summed E-state index contributed by atoms with van der Waals surface area (Å²) < 4.78 is 10.1. The summed E-state index contributed by atoms with van der Waals surface area (Å²) in [6.45, 7) is 1.51. The molecule has 1 amide bonds. The number of rotatable bonds is 6. The van der Waals surface area contributed by atoms with Crippen molar-refractivity contribution in [3.8, 4) is 11.8 Å². The van der Waals surface area contributed by atoms with Gasteiger partial charge in [0, 0.05) is 5.69 Å². The molecule has 0 bridgehead atoms. The Labute approximate surface area is 116 Å². The number of carbonyl (C=O) groups excluding carboxylic acids is 2. The van der Waals surface area contributed by atoms with E-state index in [1.54, 1.807) is 25.1 Å². The van der Waals surface area contributed by atoms with Gasteiger partial charge in [0.05, 0.1) is 12.7 Å². The first kappa shape index (κ1) is 15.3. The monoisotopic (exact) mass is 277 g/mol. The topological polar surface area (TPSA) is 114 Å². The number of nitrogens with zero attached hydrogens (tertiary/aromatic N) is 1. The van der Waals surface area contributed by atoms with Crippen molar-refractivity contribution in [2.75, 3.05) is 25.5 Å². The molecule has 0 aromatic heterocycles. The minimum atomic E-state index is -0.751. The molecule has 20 heavy (non-hydrogen) atoms. The lowest BCUT2D eigenvalue weighted by atomic mass is 10.1. The fraction of sp³-hybridized carbons (Fsp3) is 0.308. The molecule has 0 spiro atoms. The SMILES string of the molecule is CCOc1cccc(N)c1C(=O)OCC(=O)NCC#N. The molecule has 0 saturated carbocycles. The van der Waals surface area contributed by atoms with E-state index in [2.05, 4.69) is 5.32 Å². The molecule has 1 rings (SSSR count). The lowest BCUT2D eigenvalue weighted by Crippen LogP contribution is -2.29. The molecule has 1 aromatic rings. The molecular weight excluding hydrogens is 262 g/mol. The van der Waals surface area contributed by atoms with Gasteiger partial charge in [0.1, 0.15) is 17.9 Å². The van der Waals surface area contributed by atoms with Crippen molar-refractivity contribution in [3.63, 3.8) is 0 Å². The maximum Gasteiger partial charge on any atom is 0.344 e. The molecule has 0 aliphatic carbocycles. The smallest absolute Gasteiger partial charge is 0.344 e. The van der Waals surface area contributed by atoms with E-state index in [1.807, 2.05) is 0 Å². The highest BCUT2D eigenvalue weighted by atomic mass is 16.5. The van der Waals surface area contributed by atoms with Crippen LogP contribution in [0.5, 0.6) is 5.75 Å². The number of nitrogens with one attached hydrogen (secondary N) is 1. The minimum absolute atomic E-state index is 0.0856. The normalized spacial score (nSPS) is 9.40. The largest absolute Gasteiger partial charge is 0.493 e. The van der Waals surface area contributed by atoms with E-state index >= 15 is 0 Å². The molecule has 1 aromatic carbocycles. The Kier molecular flexibility index (Phi) is 5.84. The van der Waals surface area contributed by atoms with Crippen LogP contribution in [0.2, 0.25) is 0 Å². The van der Waals surface area contributed by atoms with Gasteiger partial charge in [-0.25, -0.2) is 4.79 Å². The van der Waals surface area contributed by atoms with Crippen LogP contribution in [0.1, 0.15) is 17.3 Å². The summed E-state index contributed by atoms with van der Waals surface area (Å²) in [5.41, 5.74) is 6.01. The molecule has 0 aliphatic heterocycles. The fourth-order valence-electron chi connectivity index (χ4n) is 1.43. The molecule has 7 heteroatoms. The van der Waals surface area contributed by atoms with Gasteiger partial charge < -0.3 is 20.5 Å². The molecule has 106 valence electrons. The standard InChI is InChI=1S/C13H15N3O4/c1-2-19-10-5-3-4-9(15)12(10)13(18)20-8-11(17)16-7-6-14/h3-5H,2,7-8,15H2,1H3,(H,16,17). The van der Waals surface area contributed by atoms with Crippen LogP contribution in [-0.2, 0) is 9.53 Å². The second-order valence-electron chi connectivity index (χ2n) is 3.66. The van der Waals surface area contributed by atoms with Gasteiger partial charge in [-0.2, -0.15) is 5.26 Å². The van der Waals surface area contributed by atoms with Crippen LogP contribution in [0, 0.1) is 11.3 Å². The fourth-order valence-corrected chi connectivity index (χ4v) is 1.43. The summed E-state index contributed by atoms with van der Waals surface area (Å²) in [4.78, 5) is 23.1. The zero-order chi connectivity index (χ0) is 15.0. The zero-order valence-corrected chi connectivity index (χ0v) is 11.0. The third kappa shape index (κ3) is 4.17. The Morgan fingerprint density at radius 1 is 1.45 bits per heavy atom. The van der Waals surface area contributed by atoms with Gasteiger partial charge >= 0.3 is 5.97 Å². The summed E-state index contributed by atoms with van der Waals surface area (Å²) in [5, 5.41) is 10.6. The Bertz CT molecular complexity index is 537. The summed E-state index contributed by atoms with van der Waals surface area (Å²) in [6, 6.07) is 6.52. The second kappa shape index (κ2) is 7.63. The number of anilines is 1. The Morgan fingerprint density at radius 2 is 2.20 bits per heavy atom. The number of ether oxygens (including phenoxy) is 2. The predicted molar refractivity (Wildman–Crippen MR) is 70.9 cm³/mol. The van der Waals surface area contributed by atoms with E-state index < -0.39 is 18.5 Å². The van der Waals surface area contributed by atoms with Crippen LogP contribution in [0.4, 0.5) is 5.69 Å². The Balaban J connectivity index is 2.72. The van der Waals surface area contributed by atoms with Crippen molar-refractivity contribution in [1.82, 2.24) is 5.32 Å². The van der Waals surface area contributed by atoms with Gasteiger partial charge in [-0.05, 0) is 19.1 Å². The van der Waals surface area contributed by atoms with Crippen molar-refractivity contribution < 1.29 is 19.1 Å². The lowest BCUT2D eigenvalue weighted by Gasteiger charge is -2.11. The molecule has 7 nitrogen and oxygen atoms in total. The van der Waals surface area contributed by atoms with Crippen molar-refractivity contribution in [2.24, 2.45) is 0 Å². The van der Waals surface area contributed by atoms with Crippen molar-refractivity contribution >= 4 is 17.6 Å². The summed E-state index contributed by atoms with van der Waals surface area (Å²) in [6.07, 6.45) is 0. The highest BCUT2D eigenvalue weighted by Crippen LogP contribution is 2.25. The Morgan fingerprint density at radius 3 is 2.85 bits per heavy atom. The van der Waals surface area contributed by atoms with Crippen LogP contribution in [-0.4, -0.2) is 31.6 Å². The van der Waals surface area contributed by atoms with Gasteiger partial charge in [-0.15, -0.1) is 0 Å². The second-order valence-corrected chi connectivity index (χ2v) is 3.66. The number of amides is 1. The number of hydrogen-bond acceptors (Lipinski definition) is 6. The number of carbonyl (C=O) groups is 2. The van der Waals surface area contributed by atoms with Crippen LogP contribution in [0.15, 0.2) is 18.2 Å². The number of nitriles is 1. The number of nitrogens with two attached hydrogens (primary N) is 1. The van der Waals surface area contributed by atoms with Crippen LogP contribution in [0.3, 0.4) is 0 Å². The molecule has 0 saturated heterocycles. The van der Waals surface area contributed by atoms with Crippen molar-refractivity contribution in [2.45, 2.75) is 6.92 Å². The van der Waals surface area contributed by atoms with E-state index in [1.165, 1.54) is 6.07 Å². The van der Waals surface area contributed by atoms with E-state index in [9.17, 15) is 9.59 Å². The maximum absolute atomic E-state index is 11.9. The number of nitrogen functional groups attached to an aromatic ring is 1. The van der Waals surface area contributed by atoms with Crippen molar-refractivity contribution in [3.05, 3.63) is 23.8 Å². The maximum atomic E-state index is 11.9. The summed E-state index contributed by atoms with van der Waals surface area (Å²) in [7, 11) is 0. The van der Waals surface area contributed by atoms with E-state index in [0.717, 1.165) is 0 Å². The minimum Gasteiger partial charge on any atom is -0.493 e. The molecule has 0 atom stereocenters. The van der Waals surface area contributed by atoms with Gasteiger partial charge in [0.25, 0.3) is 5.91 Å². The average Bonchev–Trinajstić information content (AvgIpc) is 2.43. The third-order valence-corrected chi connectivity index (χ3v) is 2.26. The number of esters is 1. The molecular formula is C13H15N3O4. The van der Waals surface area contributed by atoms with Crippen LogP contribution >= 0.6 is 0 Å². The first-order chi connectivity index (χ1) is 9.60. The van der Waals surface area contributed by atoms with E-state index in [4.69, 9.17) is 20.5 Å². The van der Waals surface area contributed by atoms with Gasteiger partial charge in [-0.1, -0.05) is 6.07 Å². The highest BCUT2D eigenvalue weighted by molar-refractivity contribution is 5.99. The van der Waals surface area contributed by atoms with E-state index in [-0.39, 0.29) is 17.8 Å². The molecule has 0 fully saturated rings. The number of benzene rings is 1. The summed E-state index contributed by atoms with van der Waals surface area (Å²) >= 11 is 0. The van der Waals surface area contributed by atoms with Crippen LogP contribution < -0.4 is 15.8 Å². The predicted octanol–water partition coefficient (Wildman–Crippen LogP) is 0.464. The quantitative estimate of drug-likeness (QED) is 0.443. The van der Waals surface area contributed by atoms with Crippen LogP contribution in [0.25, 0.3) is 0 Å². The van der Waals surface area contributed by atoms with E-state index in [0.29, 0.717) is 12.4 Å².